The van der Waals surface area contributed by atoms with Gasteiger partial charge in [0.2, 0.25) is 0 Å². The Kier molecular flexibility index (Phi) is 6.26. The Hall–Kier alpha value is -2.64. The molecular formula is C20H14Br2N2O3. The number of amides is 1. The van der Waals surface area contributed by atoms with Crippen LogP contribution >= 0.6 is 31.9 Å². The smallest absolute Gasteiger partial charge is 0.271 e. The fraction of sp³-hybridized carbons (Fsp3) is 0. The first-order valence-electron chi connectivity index (χ1n) is 7.87. The van der Waals surface area contributed by atoms with Gasteiger partial charge in [0.15, 0.2) is 0 Å². The lowest BCUT2D eigenvalue weighted by Gasteiger charge is -2.06. The number of halogens is 2. The summed E-state index contributed by atoms with van der Waals surface area (Å²) in [6.45, 7) is 0. The molecule has 27 heavy (non-hydrogen) atoms. The van der Waals surface area contributed by atoms with Gasteiger partial charge in [0.05, 0.1) is 15.2 Å². The van der Waals surface area contributed by atoms with Crippen LogP contribution in [0.1, 0.15) is 15.9 Å². The van der Waals surface area contributed by atoms with Crippen LogP contribution in [0.3, 0.4) is 0 Å². The summed E-state index contributed by atoms with van der Waals surface area (Å²) in [5.74, 6) is 1.13. The molecule has 3 rings (SSSR count). The van der Waals surface area contributed by atoms with E-state index in [0.717, 1.165) is 5.75 Å². The molecule has 0 radical (unpaired) electrons. The molecule has 0 aliphatic heterocycles. The Balaban J connectivity index is 1.61. The Labute approximate surface area is 172 Å². The van der Waals surface area contributed by atoms with E-state index < -0.39 is 0 Å². The highest BCUT2D eigenvalue weighted by atomic mass is 79.9. The predicted octanol–water partition coefficient (Wildman–Crippen LogP) is 5.47. The molecule has 3 aromatic rings. The van der Waals surface area contributed by atoms with Crippen LogP contribution in [0.4, 0.5) is 0 Å². The number of hydrazone groups is 1. The fourth-order valence-electron chi connectivity index (χ4n) is 2.19. The molecule has 0 spiro atoms. The molecule has 2 N–H and O–H groups in total. The lowest BCUT2D eigenvalue weighted by Crippen LogP contribution is -2.17. The number of para-hydroxylation sites is 1. The topological polar surface area (TPSA) is 70.9 Å². The van der Waals surface area contributed by atoms with Crippen molar-refractivity contribution in [3.63, 3.8) is 0 Å². The Morgan fingerprint density at radius 1 is 0.963 bits per heavy atom. The molecule has 5 nitrogen and oxygen atoms in total. The van der Waals surface area contributed by atoms with Crippen LogP contribution in [0.2, 0.25) is 0 Å². The van der Waals surface area contributed by atoms with E-state index in [9.17, 15) is 9.90 Å². The van der Waals surface area contributed by atoms with Gasteiger partial charge in [0.1, 0.15) is 17.2 Å². The lowest BCUT2D eigenvalue weighted by atomic mass is 10.2. The van der Waals surface area contributed by atoms with Crippen LogP contribution in [0.5, 0.6) is 17.2 Å². The highest BCUT2D eigenvalue weighted by Crippen LogP contribution is 2.32. The average Bonchev–Trinajstić information content (AvgIpc) is 2.67. The van der Waals surface area contributed by atoms with E-state index in [2.05, 4.69) is 42.4 Å². The van der Waals surface area contributed by atoms with Crippen LogP contribution in [0, 0.1) is 0 Å². The third-order valence-corrected chi connectivity index (χ3v) is 4.72. The summed E-state index contributed by atoms with van der Waals surface area (Å²) >= 11 is 6.49. The van der Waals surface area contributed by atoms with Gasteiger partial charge in [-0.25, -0.2) is 5.43 Å². The minimum atomic E-state index is -0.338. The van der Waals surface area contributed by atoms with Crippen molar-refractivity contribution in [1.82, 2.24) is 5.43 Å². The van der Waals surface area contributed by atoms with E-state index in [1.807, 2.05) is 30.3 Å². The van der Waals surface area contributed by atoms with Crippen LogP contribution in [0.15, 0.2) is 80.8 Å². The molecular weight excluding hydrogens is 476 g/mol. The molecule has 0 saturated carbocycles. The molecule has 136 valence electrons. The van der Waals surface area contributed by atoms with Gasteiger partial charge >= 0.3 is 0 Å². The van der Waals surface area contributed by atoms with Crippen LogP contribution in [0.25, 0.3) is 0 Å². The van der Waals surface area contributed by atoms with Crippen molar-refractivity contribution in [3.8, 4) is 17.2 Å². The van der Waals surface area contributed by atoms with Crippen LogP contribution in [-0.2, 0) is 0 Å². The molecule has 0 bridgehead atoms. The number of nitrogens with zero attached hydrogens (tertiary/aromatic N) is 1. The summed E-state index contributed by atoms with van der Waals surface area (Å²) < 4.78 is 6.75. The number of carbonyl (C=O) groups is 1. The molecule has 1 amide bonds. The third-order valence-electron chi connectivity index (χ3n) is 3.51. The Morgan fingerprint density at radius 2 is 1.56 bits per heavy atom. The average molecular weight is 490 g/mol. The van der Waals surface area contributed by atoms with Gasteiger partial charge in [-0.3, -0.25) is 4.79 Å². The number of nitrogens with one attached hydrogen (secondary N) is 1. The van der Waals surface area contributed by atoms with Crippen molar-refractivity contribution >= 4 is 44.0 Å². The van der Waals surface area contributed by atoms with Crippen molar-refractivity contribution in [2.75, 3.05) is 0 Å². The number of carbonyl (C=O) groups excluding carboxylic acids is 1. The molecule has 0 heterocycles. The second-order valence-electron chi connectivity index (χ2n) is 5.47. The normalized spacial score (nSPS) is 10.7. The molecule has 0 atom stereocenters. The van der Waals surface area contributed by atoms with Crippen molar-refractivity contribution < 1.29 is 14.6 Å². The molecule has 0 aromatic heterocycles. The van der Waals surface area contributed by atoms with E-state index in [4.69, 9.17) is 4.74 Å². The van der Waals surface area contributed by atoms with E-state index in [0.29, 0.717) is 25.8 Å². The van der Waals surface area contributed by atoms with Gasteiger partial charge in [-0.05, 0) is 86.0 Å². The zero-order chi connectivity index (χ0) is 19.2. The van der Waals surface area contributed by atoms with E-state index in [1.54, 1.807) is 36.4 Å². The zero-order valence-electron chi connectivity index (χ0n) is 13.9. The second kappa shape index (κ2) is 8.83. The number of benzene rings is 3. The highest BCUT2D eigenvalue weighted by molar-refractivity contribution is 9.11. The number of hydrogen-bond acceptors (Lipinski definition) is 4. The van der Waals surface area contributed by atoms with Crippen molar-refractivity contribution in [2.45, 2.75) is 0 Å². The van der Waals surface area contributed by atoms with Gasteiger partial charge in [-0.1, -0.05) is 18.2 Å². The number of phenols is 1. The monoisotopic (exact) mass is 488 g/mol. The van der Waals surface area contributed by atoms with E-state index in [-0.39, 0.29) is 11.7 Å². The molecule has 0 aliphatic rings. The van der Waals surface area contributed by atoms with Crippen molar-refractivity contribution in [3.05, 3.63) is 86.8 Å². The fourth-order valence-corrected chi connectivity index (χ4v) is 3.41. The largest absolute Gasteiger partial charge is 0.506 e. The molecule has 7 heteroatoms. The maximum atomic E-state index is 12.2. The summed E-state index contributed by atoms with van der Waals surface area (Å²) in [5, 5.41) is 13.6. The van der Waals surface area contributed by atoms with E-state index >= 15 is 0 Å². The summed E-state index contributed by atoms with van der Waals surface area (Å²) in [7, 11) is 0. The van der Waals surface area contributed by atoms with Crippen LogP contribution < -0.4 is 10.2 Å². The van der Waals surface area contributed by atoms with Gasteiger partial charge in [-0.15, -0.1) is 0 Å². The third kappa shape index (κ3) is 5.18. The number of hydrogen-bond donors (Lipinski definition) is 2. The Bertz CT molecular complexity index is 951. The molecule has 3 aromatic carbocycles. The SMILES string of the molecule is O=C(NN=Cc1cc(Br)c(O)c(Br)c1)c1ccc(Oc2ccccc2)cc1. The van der Waals surface area contributed by atoms with Crippen molar-refractivity contribution in [2.24, 2.45) is 5.10 Å². The minimum absolute atomic E-state index is 0.106. The summed E-state index contributed by atoms with van der Waals surface area (Å²) in [4.78, 5) is 12.2. The highest BCUT2D eigenvalue weighted by Gasteiger charge is 2.06. The van der Waals surface area contributed by atoms with E-state index in [1.165, 1.54) is 6.21 Å². The number of aromatic hydroxyl groups is 1. The zero-order valence-corrected chi connectivity index (χ0v) is 17.1. The maximum Gasteiger partial charge on any atom is 0.271 e. The van der Waals surface area contributed by atoms with Crippen LogP contribution in [-0.4, -0.2) is 17.2 Å². The molecule has 0 fully saturated rings. The Morgan fingerprint density at radius 3 is 2.19 bits per heavy atom. The first kappa shape index (κ1) is 19.1. The summed E-state index contributed by atoms with van der Waals surface area (Å²) in [6, 6.07) is 19.5. The predicted molar refractivity (Wildman–Crippen MR) is 112 cm³/mol. The first-order valence-corrected chi connectivity index (χ1v) is 9.46. The standard InChI is InChI=1S/C20H14Br2N2O3/c21-17-10-13(11-18(22)19(17)25)12-23-24-20(26)14-6-8-16(9-7-14)27-15-4-2-1-3-5-15/h1-12,25H,(H,24,26). The van der Waals surface area contributed by atoms with Gasteiger partial charge in [0, 0.05) is 5.56 Å². The number of phenolic OH excluding ortho intramolecular Hbond substituents is 1. The second-order valence-corrected chi connectivity index (χ2v) is 7.18. The maximum absolute atomic E-state index is 12.2. The van der Waals surface area contributed by atoms with Gasteiger partial charge < -0.3 is 9.84 Å². The summed E-state index contributed by atoms with van der Waals surface area (Å²) in [6.07, 6.45) is 1.49. The first-order chi connectivity index (χ1) is 13.0. The van der Waals surface area contributed by atoms with Gasteiger partial charge in [-0.2, -0.15) is 5.10 Å². The van der Waals surface area contributed by atoms with Crippen molar-refractivity contribution in [1.29, 1.82) is 0 Å². The molecule has 0 unspecified atom stereocenters. The van der Waals surface area contributed by atoms with Gasteiger partial charge in [0.25, 0.3) is 5.91 Å². The minimum Gasteiger partial charge on any atom is -0.506 e. The quantitative estimate of drug-likeness (QED) is 0.368. The number of ether oxygens (including phenoxy) is 1. The molecule has 0 saturated heterocycles. The summed E-state index contributed by atoms with van der Waals surface area (Å²) in [5.41, 5.74) is 3.63. The number of rotatable bonds is 5. The molecule has 0 aliphatic carbocycles. The lowest BCUT2D eigenvalue weighted by molar-refractivity contribution is 0.0955.